The molecule has 2 rings (SSSR count). The second-order valence-corrected chi connectivity index (χ2v) is 4.28. The van der Waals surface area contributed by atoms with Gasteiger partial charge in [-0.15, -0.1) is 0 Å². The third kappa shape index (κ3) is 2.13. The van der Waals surface area contributed by atoms with Crippen LogP contribution in [-0.4, -0.2) is 7.11 Å². The molecule has 1 heterocycles. The Morgan fingerprint density at radius 2 is 2.12 bits per heavy atom. The van der Waals surface area contributed by atoms with E-state index in [1.54, 1.807) is 19.6 Å². The van der Waals surface area contributed by atoms with E-state index in [-0.39, 0.29) is 6.04 Å². The fourth-order valence-electron chi connectivity index (χ4n) is 1.52. The summed E-state index contributed by atoms with van der Waals surface area (Å²) in [5.74, 6) is 0.795. The lowest BCUT2D eigenvalue weighted by Gasteiger charge is -2.11. The summed E-state index contributed by atoms with van der Waals surface area (Å²) in [6.45, 7) is 0. The summed E-state index contributed by atoms with van der Waals surface area (Å²) >= 11 is 3.43. The van der Waals surface area contributed by atoms with Crippen molar-refractivity contribution in [3.05, 3.63) is 52.4 Å². The van der Waals surface area contributed by atoms with Crippen LogP contribution in [0.1, 0.15) is 17.2 Å². The molecule has 4 heteroatoms. The lowest BCUT2D eigenvalue weighted by Crippen LogP contribution is -2.10. The molecule has 0 fully saturated rings. The maximum Gasteiger partial charge on any atom is 0.133 e. The molecule has 0 aliphatic carbocycles. The molecule has 2 N–H and O–H groups in total. The molecule has 0 bridgehead atoms. The highest BCUT2D eigenvalue weighted by Gasteiger charge is 2.11. The van der Waals surface area contributed by atoms with Crippen LogP contribution in [0.25, 0.3) is 0 Å². The topological polar surface area (TPSA) is 48.4 Å². The highest BCUT2D eigenvalue weighted by Crippen LogP contribution is 2.29. The minimum Gasteiger partial charge on any atom is -0.496 e. The first-order valence-corrected chi connectivity index (χ1v) is 5.63. The van der Waals surface area contributed by atoms with Gasteiger partial charge >= 0.3 is 0 Å². The Morgan fingerprint density at radius 3 is 2.69 bits per heavy atom. The van der Waals surface area contributed by atoms with E-state index in [2.05, 4.69) is 15.9 Å². The molecule has 0 saturated heterocycles. The Balaban J connectivity index is 2.31. The summed E-state index contributed by atoms with van der Waals surface area (Å²) in [4.78, 5) is 0. The molecule has 3 nitrogen and oxygen atoms in total. The van der Waals surface area contributed by atoms with Crippen LogP contribution in [-0.2, 0) is 0 Å². The number of ether oxygens (including phenoxy) is 1. The number of hydrogen-bond donors (Lipinski definition) is 1. The fourth-order valence-corrected chi connectivity index (χ4v) is 2.08. The quantitative estimate of drug-likeness (QED) is 0.941. The SMILES string of the molecule is COc1ccc(C(N)c2ccoc2)cc1Br. The number of halogens is 1. The van der Waals surface area contributed by atoms with E-state index in [0.29, 0.717) is 0 Å². The molecule has 1 aromatic carbocycles. The molecule has 0 spiro atoms. The average Bonchev–Trinajstić information content (AvgIpc) is 2.81. The van der Waals surface area contributed by atoms with E-state index >= 15 is 0 Å². The van der Waals surface area contributed by atoms with E-state index in [1.165, 1.54) is 0 Å². The second-order valence-electron chi connectivity index (χ2n) is 3.43. The van der Waals surface area contributed by atoms with Crippen LogP contribution in [0.3, 0.4) is 0 Å². The molecule has 0 amide bonds. The highest BCUT2D eigenvalue weighted by molar-refractivity contribution is 9.10. The second kappa shape index (κ2) is 4.72. The zero-order chi connectivity index (χ0) is 11.5. The summed E-state index contributed by atoms with van der Waals surface area (Å²) in [6, 6.07) is 7.47. The van der Waals surface area contributed by atoms with Crippen LogP contribution in [0.2, 0.25) is 0 Å². The van der Waals surface area contributed by atoms with Crippen LogP contribution in [0, 0.1) is 0 Å². The largest absolute Gasteiger partial charge is 0.496 e. The van der Waals surface area contributed by atoms with Crippen LogP contribution in [0.4, 0.5) is 0 Å². The Hall–Kier alpha value is -1.26. The molecule has 16 heavy (non-hydrogen) atoms. The predicted molar refractivity (Wildman–Crippen MR) is 65.4 cm³/mol. The number of benzene rings is 1. The first-order valence-electron chi connectivity index (χ1n) is 4.83. The standard InChI is InChI=1S/C12H12BrNO2/c1-15-11-3-2-8(6-10(11)13)12(14)9-4-5-16-7-9/h2-7,12H,14H2,1H3. The van der Waals surface area contributed by atoms with E-state index < -0.39 is 0 Å². The summed E-state index contributed by atoms with van der Waals surface area (Å²) in [7, 11) is 1.63. The lowest BCUT2D eigenvalue weighted by atomic mass is 10.0. The number of methoxy groups -OCH3 is 1. The van der Waals surface area contributed by atoms with Gasteiger partial charge in [-0.1, -0.05) is 6.07 Å². The van der Waals surface area contributed by atoms with Crippen molar-refractivity contribution < 1.29 is 9.15 Å². The fraction of sp³-hybridized carbons (Fsp3) is 0.167. The zero-order valence-corrected chi connectivity index (χ0v) is 10.4. The minimum atomic E-state index is -0.180. The maximum absolute atomic E-state index is 6.10. The average molecular weight is 282 g/mol. The molecule has 1 atom stereocenters. The van der Waals surface area contributed by atoms with Crippen molar-refractivity contribution in [2.24, 2.45) is 5.73 Å². The van der Waals surface area contributed by atoms with Crippen LogP contribution >= 0.6 is 15.9 Å². The summed E-state index contributed by atoms with van der Waals surface area (Å²) in [6.07, 6.45) is 3.27. The maximum atomic E-state index is 6.10. The molecule has 1 aromatic heterocycles. The molecule has 0 saturated carbocycles. The molecular weight excluding hydrogens is 270 g/mol. The van der Waals surface area contributed by atoms with Crippen LogP contribution in [0.15, 0.2) is 45.7 Å². The minimum absolute atomic E-state index is 0.180. The zero-order valence-electron chi connectivity index (χ0n) is 8.81. The van der Waals surface area contributed by atoms with Gasteiger partial charge in [0.05, 0.1) is 30.2 Å². The van der Waals surface area contributed by atoms with Crippen LogP contribution in [0.5, 0.6) is 5.75 Å². The lowest BCUT2D eigenvalue weighted by molar-refractivity contribution is 0.412. The molecule has 1 unspecified atom stereocenters. The van der Waals surface area contributed by atoms with Crippen molar-refractivity contribution >= 4 is 15.9 Å². The van der Waals surface area contributed by atoms with E-state index in [0.717, 1.165) is 21.3 Å². The Kier molecular flexibility index (Phi) is 3.31. The predicted octanol–water partition coefficient (Wildman–Crippen LogP) is 3.10. The number of hydrogen-bond acceptors (Lipinski definition) is 3. The van der Waals surface area contributed by atoms with Crippen molar-refractivity contribution in [3.8, 4) is 5.75 Å². The van der Waals surface area contributed by atoms with Gasteiger partial charge in [0.25, 0.3) is 0 Å². The monoisotopic (exact) mass is 281 g/mol. The molecular formula is C12H12BrNO2. The Morgan fingerprint density at radius 1 is 1.31 bits per heavy atom. The molecule has 0 aliphatic heterocycles. The van der Waals surface area contributed by atoms with E-state index in [9.17, 15) is 0 Å². The molecule has 84 valence electrons. The van der Waals surface area contributed by atoms with Gasteiger partial charge in [-0.05, 0) is 39.7 Å². The Bertz CT molecular complexity index is 468. The van der Waals surface area contributed by atoms with Gasteiger partial charge in [-0.2, -0.15) is 0 Å². The Labute approximate surface area is 102 Å². The summed E-state index contributed by atoms with van der Waals surface area (Å²) in [5.41, 5.74) is 8.06. The number of furan rings is 1. The van der Waals surface area contributed by atoms with Crippen molar-refractivity contribution in [1.82, 2.24) is 0 Å². The van der Waals surface area contributed by atoms with E-state index in [4.69, 9.17) is 14.9 Å². The number of nitrogens with two attached hydrogens (primary N) is 1. The smallest absolute Gasteiger partial charge is 0.133 e. The molecule has 2 aromatic rings. The van der Waals surface area contributed by atoms with Crippen molar-refractivity contribution in [2.45, 2.75) is 6.04 Å². The van der Waals surface area contributed by atoms with Gasteiger partial charge < -0.3 is 14.9 Å². The van der Waals surface area contributed by atoms with Gasteiger partial charge in [0, 0.05) is 5.56 Å². The van der Waals surface area contributed by atoms with Gasteiger partial charge in [-0.25, -0.2) is 0 Å². The normalized spacial score (nSPS) is 12.4. The first-order chi connectivity index (χ1) is 7.72. The highest BCUT2D eigenvalue weighted by atomic mass is 79.9. The first kappa shape index (κ1) is 11.2. The van der Waals surface area contributed by atoms with Crippen molar-refractivity contribution in [2.75, 3.05) is 7.11 Å². The van der Waals surface area contributed by atoms with Gasteiger partial charge in [0.1, 0.15) is 5.75 Å². The molecule has 0 radical (unpaired) electrons. The van der Waals surface area contributed by atoms with Crippen molar-refractivity contribution in [3.63, 3.8) is 0 Å². The van der Waals surface area contributed by atoms with Crippen LogP contribution < -0.4 is 10.5 Å². The third-order valence-corrected chi connectivity index (χ3v) is 3.06. The third-order valence-electron chi connectivity index (χ3n) is 2.44. The molecule has 0 aliphatic rings. The van der Waals surface area contributed by atoms with Crippen molar-refractivity contribution in [1.29, 1.82) is 0 Å². The summed E-state index contributed by atoms with van der Waals surface area (Å²) in [5, 5.41) is 0. The van der Waals surface area contributed by atoms with Gasteiger partial charge in [-0.3, -0.25) is 0 Å². The number of rotatable bonds is 3. The summed E-state index contributed by atoms with van der Waals surface area (Å²) < 4.78 is 11.1. The van der Waals surface area contributed by atoms with E-state index in [1.807, 2.05) is 24.3 Å². The van der Waals surface area contributed by atoms with Gasteiger partial charge in [0.2, 0.25) is 0 Å². The van der Waals surface area contributed by atoms with Gasteiger partial charge in [0.15, 0.2) is 0 Å².